The number of aliphatic hydroxyl groups excluding tert-OH is 1. The van der Waals surface area contributed by atoms with E-state index in [0.29, 0.717) is 13.0 Å². The summed E-state index contributed by atoms with van der Waals surface area (Å²) >= 11 is 3.47. The van der Waals surface area contributed by atoms with Crippen LogP contribution in [0.5, 0.6) is 0 Å². The molecule has 1 N–H and O–H groups in total. The third kappa shape index (κ3) is 1.99. The van der Waals surface area contributed by atoms with Crippen LogP contribution in [0.1, 0.15) is 12.0 Å². The standard InChI is InChI=1S/C12H14BrNO2/c1-8-3-2-4-10(13)12(8)14-6-9(7-15)5-11(14)16/h2-4,9,15H,5-7H2,1H3. The molecule has 0 spiro atoms. The van der Waals surface area contributed by atoms with Crippen molar-refractivity contribution in [2.24, 2.45) is 5.92 Å². The van der Waals surface area contributed by atoms with Gasteiger partial charge in [-0.3, -0.25) is 4.79 Å². The summed E-state index contributed by atoms with van der Waals surface area (Å²) in [5.74, 6) is 0.160. The first-order valence-corrected chi connectivity index (χ1v) is 6.09. The van der Waals surface area contributed by atoms with E-state index in [-0.39, 0.29) is 18.4 Å². The molecule has 1 amide bonds. The predicted molar refractivity (Wildman–Crippen MR) is 66.4 cm³/mol. The fourth-order valence-electron chi connectivity index (χ4n) is 2.08. The highest BCUT2D eigenvalue weighted by Gasteiger charge is 2.31. The van der Waals surface area contributed by atoms with E-state index in [4.69, 9.17) is 5.11 Å². The van der Waals surface area contributed by atoms with Crippen molar-refractivity contribution in [2.75, 3.05) is 18.1 Å². The summed E-state index contributed by atoms with van der Waals surface area (Å²) in [5, 5.41) is 9.10. The first kappa shape index (κ1) is 11.6. The molecule has 0 saturated carbocycles. The molecule has 0 aromatic heterocycles. The molecule has 1 fully saturated rings. The van der Waals surface area contributed by atoms with Crippen LogP contribution in [0.4, 0.5) is 5.69 Å². The van der Waals surface area contributed by atoms with E-state index >= 15 is 0 Å². The number of rotatable bonds is 2. The van der Waals surface area contributed by atoms with E-state index in [0.717, 1.165) is 15.7 Å². The Morgan fingerprint density at radius 1 is 1.56 bits per heavy atom. The minimum atomic E-state index is 0.0685. The minimum absolute atomic E-state index is 0.0685. The summed E-state index contributed by atoms with van der Waals surface area (Å²) in [6.45, 7) is 2.67. The maximum absolute atomic E-state index is 11.8. The van der Waals surface area contributed by atoms with Crippen LogP contribution in [0.15, 0.2) is 22.7 Å². The number of aliphatic hydroxyl groups is 1. The monoisotopic (exact) mass is 283 g/mol. The SMILES string of the molecule is Cc1cccc(Br)c1N1CC(CO)CC1=O. The number of hydrogen-bond acceptors (Lipinski definition) is 2. The zero-order valence-corrected chi connectivity index (χ0v) is 10.7. The summed E-state index contributed by atoms with van der Waals surface area (Å²) in [4.78, 5) is 13.6. The van der Waals surface area contributed by atoms with Crippen molar-refractivity contribution >= 4 is 27.5 Å². The molecule has 0 bridgehead atoms. The maximum atomic E-state index is 11.8. The predicted octanol–water partition coefficient (Wildman–Crippen LogP) is 2.10. The average Bonchev–Trinajstić information content (AvgIpc) is 2.60. The molecule has 1 aliphatic rings. The summed E-state index contributed by atoms with van der Waals surface area (Å²) in [7, 11) is 0. The number of anilines is 1. The van der Waals surface area contributed by atoms with E-state index in [9.17, 15) is 4.79 Å². The molecule has 0 radical (unpaired) electrons. The Morgan fingerprint density at radius 3 is 2.88 bits per heavy atom. The number of benzene rings is 1. The Hall–Kier alpha value is -0.870. The second kappa shape index (κ2) is 4.55. The molecule has 1 atom stereocenters. The van der Waals surface area contributed by atoms with Gasteiger partial charge in [0.2, 0.25) is 5.91 Å². The van der Waals surface area contributed by atoms with Gasteiger partial charge in [-0.1, -0.05) is 12.1 Å². The van der Waals surface area contributed by atoms with Gasteiger partial charge in [0.05, 0.1) is 5.69 Å². The van der Waals surface area contributed by atoms with Gasteiger partial charge in [0.25, 0.3) is 0 Å². The molecule has 16 heavy (non-hydrogen) atoms. The Kier molecular flexibility index (Phi) is 3.30. The van der Waals surface area contributed by atoms with Crippen molar-refractivity contribution in [2.45, 2.75) is 13.3 Å². The van der Waals surface area contributed by atoms with Crippen LogP contribution >= 0.6 is 15.9 Å². The second-order valence-corrected chi connectivity index (χ2v) is 5.02. The van der Waals surface area contributed by atoms with Crippen molar-refractivity contribution in [3.8, 4) is 0 Å². The van der Waals surface area contributed by atoms with Gasteiger partial charge < -0.3 is 10.0 Å². The molecule has 0 aliphatic carbocycles. The molecule has 1 aliphatic heterocycles. The summed E-state index contributed by atoms with van der Waals surface area (Å²) < 4.78 is 0.930. The van der Waals surface area contributed by atoms with E-state index in [1.165, 1.54) is 0 Å². The Labute approximate surface area is 103 Å². The number of carbonyl (C=O) groups excluding carboxylic acids is 1. The fourth-order valence-corrected chi connectivity index (χ4v) is 2.76. The number of carbonyl (C=O) groups is 1. The molecule has 1 aromatic rings. The first-order chi connectivity index (χ1) is 7.63. The van der Waals surface area contributed by atoms with Gasteiger partial charge in [-0.05, 0) is 34.5 Å². The van der Waals surface area contributed by atoms with Gasteiger partial charge in [0, 0.05) is 30.0 Å². The van der Waals surface area contributed by atoms with Gasteiger partial charge in [0.15, 0.2) is 0 Å². The van der Waals surface area contributed by atoms with E-state index in [2.05, 4.69) is 15.9 Å². The summed E-state index contributed by atoms with van der Waals surface area (Å²) in [6.07, 6.45) is 0.442. The largest absolute Gasteiger partial charge is 0.396 e. The molecule has 2 rings (SSSR count). The molecule has 3 nitrogen and oxygen atoms in total. The van der Waals surface area contributed by atoms with E-state index in [1.807, 2.05) is 25.1 Å². The van der Waals surface area contributed by atoms with Crippen LogP contribution in [0.3, 0.4) is 0 Å². The summed E-state index contributed by atoms with van der Waals surface area (Å²) in [5.41, 5.74) is 2.00. The molecule has 1 heterocycles. The second-order valence-electron chi connectivity index (χ2n) is 4.16. The molecule has 1 aromatic carbocycles. The lowest BCUT2D eigenvalue weighted by molar-refractivity contribution is -0.117. The number of aryl methyl sites for hydroxylation is 1. The lowest BCUT2D eigenvalue weighted by Crippen LogP contribution is -2.26. The van der Waals surface area contributed by atoms with Crippen molar-refractivity contribution in [1.29, 1.82) is 0 Å². The molecule has 1 unspecified atom stereocenters. The third-order valence-corrected chi connectivity index (χ3v) is 3.56. The highest BCUT2D eigenvalue weighted by molar-refractivity contribution is 9.10. The van der Waals surface area contributed by atoms with Crippen molar-refractivity contribution in [3.63, 3.8) is 0 Å². The van der Waals surface area contributed by atoms with Crippen LogP contribution in [0.25, 0.3) is 0 Å². The minimum Gasteiger partial charge on any atom is -0.396 e. The third-order valence-electron chi connectivity index (χ3n) is 2.92. The van der Waals surface area contributed by atoms with E-state index < -0.39 is 0 Å². The Bertz CT molecular complexity index is 399. The lowest BCUT2D eigenvalue weighted by atomic mass is 10.1. The van der Waals surface area contributed by atoms with Crippen LogP contribution in [-0.4, -0.2) is 24.2 Å². The smallest absolute Gasteiger partial charge is 0.227 e. The van der Waals surface area contributed by atoms with Crippen molar-refractivity contribution < 1.29 is 9.90 Å². The Balaban J connectivity index is 2.35. The zero-order valence-electron chi connectivity index (χ0n) is 9.11. The number of amides is 1. The molecular formula is C12H14BrNO2. The van der Waals surface area contributed by atoms with Gasteiger partial charge >= 0.3 is 0 Å². The van der Waals surface area contributed by atoms with Gasteiger partial charge in [-0.25, -0.2) is 0 Å². The topological polar surface area (TPSA) is 40.5 Å². The number of hydrogen-bond donors (Lipinski definition) is 1. The van der Waals surface area contributed by atoms with Crippen LogP contribution in [0, 0.1) is 12.8 Å². The Morgan fingerprint density at radius 2 is 2.31 bits per heavy atom. The van der Waals surface area contributed by atoms with E-state index in [1.54, 1.807) is 4.90 Å². The van der Waals surface area contributed by atoms with Crippen LogP contribution in [-0.2, 0) is 4.79 Å². The van der Waals surface area contributed by atoms with Gasteiger partial charge in [0.1, 0.15) is 0 Å². The molecule has 1 saturated heterocycles. The lowest BCUT2D eigenvalue weighted by Gasteiger charge is -2.20. The summed E-state index contributed by atoms with van der Waals surface area (Å²) in [6, 6.07) is 5.87. The van der Waals surface area contributed by atoms with Crippen molar-refractivity contribution in [1.82, 2.24) is 0 Å². The number of para-hydroxylation sites is 1. The molecule has 4 heteroatoms. The zero-order chi connectivity index (χ0) is 11.7. The van der Waals surface area contributed by atoms with Gasteiger partial charge in [-0.15, -0.1) is 0 Å². The highest BCUT2D eigenvalue weighted by Crippen LogP contribution is 2.33. The van der Waals surface area contributed by atoms with Crippen molar-refractivity contribution in [3.05, 3.63) is 28.2 Å². The van der Waals surface area contributed by atoms with Crippen LogP contribution < -0.4 is 4.90 Å². The highest BCUT2D eigenvalue weighted by atomic mass is 79.9. The normalized spacial score (nSPS) is 20.6. The number of halogens is 1. The molecular weight excluding hydrogens is 270 g/mol. The van der Waals surface area contributed by atoms with Gasteiger partial charge in [-0.2, -0.15) is 0 Å². The first-order valence-electron chi connectivity index (χ1n) is 5.30. The fraction of sp³-hybridized carbons (Fsp3) is 0.417. The number of nitrogens with zero attached hydrogens (tertiary/aromatic N) is 1. The average molecular weight is 284 g/mol. The van der Waals surface area contributed by atoms with Crippen LogP contribution in [0.2, 0.25) is 0 Å². The molecule has 86 valence electrons. The quantitative estimate of drug-likeness (QED) is 0.903. The maximum Gasteiger partial charge on any atom is 0.227 e.